The number of fused-ring (bicyclic) bond motifs is 1. The molecule has 23 heavy (non-hydrogen) atoms. The average Bonchev–Trinajstić information content (AvgIpc) is 2.50. The Bertz CT molecular complexity index is 808. The summed E-state index contributed by atoms with van der Waals surface area (Å²) < 4.78 is 15.2. The Labute approximate surface area is 132 Å². The van der Waals surface area contributed by atoms with Gasteiger partial charge in [0.1, 0.15) is 19.0 Å². The number of esters is 2. The number of pyridine rings is 1. The van der Waals surface area contributed by atoms with Gasteiger partial charge in [-0.15, -0.1) is 0 Å². The van der Waals surface area contributed by atoms with Gasteiger partial charge in [-0.2, -0.15) is 0 Å². The Hall–Kier alpha value is -2.83. The summed E-state index contributed by atoms with van der Waals surface area (Å²) >= 11 is 0. The van der Waals surface area contributed by atoms with Gasteiger partial charge in [0.05, 0.1) is 12.7 Å². The molecular weight excluding hydrogens is 302 g/mol. The molecule has 122 valence electrons. The molecule has 1 aromatic heterocycles. The maximum absolute atomic E-state index is 12.2. The molecule has 0 bridgehead atoms. The van der Waals surface area contributed by atoms with Gasteiger partial charge in [-0.05, 0) is 18.2 Å². The molecule has 0 saturated heterocycles. The van der Waals surface area contributed by atoms with Gasteiger partial charge in [0.15, 0.2) is 0 Å². The van der Waals surface area contributed by atoms with Crippen LogP contribution in [0.1, 0.15) is 25.0 Å². The van der Waals surface area contributed by atoms with Crippen molar-refractivity contribution >= 4 is 22.8 Å². The Morgan fingerprint density at radius 3 is 2.22 bits per heavy atom. The molecule has 0 fully saturated rings. The normalized spacial score (nSPS) is 10.4. The highest BCUT2D eigenvalue weighted by Gasteiger charge is 2.16. The number of aromatic amines is 1. The van der Waals surface area contributed by atoms with Crippen LogP contribution in [0, 0.1) is 0 Å². The largest absolute Gasteiger partial charge is 0.497 e. The molecule has 7 heteroatoms. The lowest BCUT2D eigenvalue weighted by molar-refractivity contribution is -0.143. The van der Waals surface area contributed by atoms with Gasteiger partial charge in [-0.1, -0.05) is 0 Å². The third-order valence-corrected chi connectivity index (χ3v) is 3.28. The van der Waals surface area contributed by atoms with Crippen molar-refractivity contribution in [2.24, 2.45) is 0 Å². The fourth-order valence-electron chi connectivity index (χ4n) is 2.17. The number of carbonyl (C=O) groups is 2. The summed E-state index contributed by atoms with van der Waals surface area (Å²) in [6.45, 7) is 2.24. The van der Waals surface area contributed by atoms with Crippen molar-refractivity contribution in [3.63, 3.8) is 0 Å². The van der Waals surface area contributed by atoms with E-state index in [1.54, 1.807) is 18.2 Å². The van der Waals surface area contributed by atoms with Gasteiger partial charge in [-0.25, -0.2) is 0 Å². The summed E-state index contributed by atoms with van der Waals surface area (Å²) in [4.78, 5) is 37.1. The number of ether oxygens (including phenoxy) is 3. The quantitative estimate of drug-likeness (QED) is 0.842. The predicted molar refractivity (Wildman–Crippen MR) is 82.1 cm³/mol. The standard InChI is InChI=1S/C16H17NO6/c1-9(18)22-7-13-12-6-11(21-3)4-5-15(12)17-16(20)14(13)8-23-10(2)19/h4-6H,7-8H2,1-3H3,(H,17,20). The maximum atomic E-state index is 12.2. The van der Waals surface area contributed by atoms with E-state index in [-0.39, 0.29) is 18.8 Å². The van der Waals surface area contributed by atoms with Crippen molar-refractivity contribution in [3.05, 3.63) is 39.7 Å². The molecule has 0 atom stereocenters. The summed E-state index contributed by atoms with van der Waals surface area (Å²) in [7, 11) is 1.53. The molecule has 0 saturated carbocycles. The molecule has 0 aliphatic heterocycles. The first-order chi connectivity index (χ1) is 10.9. The third-order valence-electron chi connectivity index (χ3n) is 3.28. The van der Waals surface area contributed by atoms with Crippen molar-refractivity contribution in [2.45, 2.75) is 27.1 Å². The van der Waals surface area contributed by atoms with Crippen molar-refractivity contribution in [1.82, 2.24) is 4.98 Å². The van der Waals surface area contributed by atoms with Gasteiger partial charge in [0.25, 0.3) is 5.56 Å². The zero-order valence-electron chi connectivity index (χ0n) is 13.1. The predicted octanol–water partition coefficient (Wildman–Crippen LogP) is 1.66. The van der Waals surface area contributed by atoms with Crippen LogP contribution in [0.15, 0.2) is 23.0 Å². The van der Waals surface area contributed by atoms with Crippen LogP contribution in [0.5, 0.6) is 5.75 Å². The molecule has 1 heterocycles. The van der Waals surface area contributed by atoms with E-state index in [9.17, 15) is 14.4 Å². The molecule has 0 unspecified atom stereocenters. The number of nitrogens with one attached hydrogen (secondary N) is 1. The second-order valence-corrected chi connectivity index (χ2v) is 4.88. The number of hydrogen-bond donors (Lipinski definition) is 1. The van der Waals surface area contributed by atoms with Crippen LogP contribution < -0.4 is 10.3 Å². The fourth-order valence-corrected chi connectivity index (χ4v) is 2.17. The zero-order chi connectivity index (χ0) is 17.0. The van der Waals surface area contributed by atoms with E-state index >= 15 is 0 Å². The lowest BCUT2D eigenvalue weighted by atomic mass is 10.0. The van der Waals surface area contributed by atoms with E-state index in [0.29, 0.717) is 22.2 Å². The van der Waals surface area contributed by atoms with Crippen LogP contribution in [-0.2, 0) is 32.3 Å². The Morgan fingerprint density at radius 2 is 1.65 bits per heavy atom. The number of H-pyrrole nitrogens is 1. The van der Waals surface area contributed by atoms with Gasteiger partial charge < -0.3 is 19.2 Å². The number of rotatable bonds is 5. The van der Waals surface area contributed by atoms with E-state index in [1.165, 1.54) is 21.0 Å². The summed E-state index contributed by atoms with van der Waals surface area (Å²) in [6, 6.07) is 5.13. The highest BCUT2D eigenvalue weighted by atomic mass is 16.5. The lowest BCUT2D eigenvalue weighted by Crippen LogP contribution is -2.19. The van der Waals surface area contributed by atoms with E-state index < -0.39 is 17.5 Å². The highest BCUT2D eigenvalue weighted by Crippen LogP contribution is 2.24. The molecule has 0 aliphatic rings. The summed E-state index contributed by atoms with van der Waals surface area (Å²) in [5.74, 6) is -0.389. The molecule has 0 spiro atoms. The maximum Gasteiger partial charge on any atom is 0.302 e. The minimum Gasteiger partial charge on any atom is -0.497 e. The van der Waals surface area contributed by atoms with Crippen LogP contribution in [0.4, 0.5) is 0 Å². The molecule has 7 nitrogen and oxygen atoms in total. The van der Waals surface area contributed by atoms with Crippen molar-refractivity contribution < 1.29 is 23.8 Å². The summed E-state index contributed by atoms with van der Waals surface area (Å²) in [6.07, 6.45) is 0. The van der Waals surface area contributed by atoms with Crippen LogP contribution in [-0.4, -0.2) is 24.0 Å². The number of hydrogen-bond acceptors (Lipinski definition) is 6. The van der Waals surface area contributed by atoms with Crippen molar-refractivity contribution in [2.75, 3.05) is 7.11 Å². The number of carbonyl (C=O) groups excluding carboxylic acids is 2. The van der Waals surface area contributed by atoms with Crippen molar-refractivity contribution in [1.29, 1.82) is 0 Å². The third kappa shape index (κ3) is 3.88. The average molecular weight is 319 g/mol. The fraction of sp³-hybridized carbons (Fsp3) is 0.312. The summed E-state index contributed by atoms with van der Waals surface area (Å²) in [5, 5.41) is 0.660. The van der Waals surface area contributed by atoms with E-state index in [4.69, 9.17) is 14.2 Å². The minimum absolute atomic E-state index is 0.0977. The SMILES string of the molecule is COc1ccc2[nH]c(=O)c(COC(C)=O)c(COC(C)=O)c2c1. The molecule has 2 rings (SSSR count). The number of benzene rings is 1. The minimum atomic E-state index is -0.506. The second kappa shape index (κ2) is 6.95. The number of methoxy groups -OCH3 is 1. The Balaban J connectivity index is 2.62. The first kappa shape index (κ1) is 16.5. The van der Waals surface area contributed by atoms with Gasteiger partial charge in [0, 0.05) is 30.3 Å². The molecule has 0 aliphatic carbocycles. The lowest BCUT2D eigenvalue weighted by Gasteiger charge is -2.13. The summed E-state index contributed by atoms with van der Waals surface area (Å²) in [5.41, 5.74) is 0.900. The topological polar surface area (TPSA) is 94.7 Å². The van der Waals surface area contributed by atoms with Crippen LogP contribution in [0.25, 0.3) is 10.9 Å². The molecular formula is C16H17NO6. The Kier molecular flexibility index (Phi) is 5.00. The van der Waals surface area contributed by atoms with Crippen molar-refractivity contribution in [3.8, 4) is 5.75 Å². The molecule has 0 amide bonds. The Morgan fingerprint density at radius 1 is 1.04 bits per heavy atom. The second-order valence-electron chi connectivity index (χ2n) is 4.88. The first-order valence-corrected chi connectivity index (χ1v) is 6.91. The zero-order valence-corrected chi connectivity index (χ0v) is 13.1. The van der Waals surface area contributed by atoms with E-state index in [0.717, 1.165) is 0 Å². The van der Waals surface area contributed by atoms with E-state index in [1.807, 2.05) is 0 Å². The van der Waals surface area contributed by atoms with Gasteiger partial charge in [0.2, 0.25) is 0 Å². The van der Waals surface area contributed by atoms with Crippen LogP contribution >= 0.6 is 0 Å². The number of aromatic nitrogens is 1. The van der Waals surface area contributed by atoms with Crippen LogP contribution in [0.2, 0.25) is 0 Å². The van der Waals surface area contributed by atoms with Crippen LogP contribution in [0.3, 0.4) is 0 Å². The molecule has 0 radical (unpaired) electrons. The van der Waals surface area contributed by atoms with E-state index in [2.05, 4.69) is 4.98 Å². The molecule has 1 N–H and O–H groups in total. The molecule has 2 aromatic rings. The monoisotopic (exact) mass is 319 g/mol. The smallest absolute Gasteiger partial charge is 0.302 e. The first-order valence-electron chi connectivity index (χ1n) is 6.91. The highest BCUT2D eigenvalue weighted by molar-refractivity contribution is 5.84. The van der Waals surface area contributed by atoms with Gasteiger partial charge >= 0.3 is 11.9 Å². The molecule has 1 aromatic carbocycles. The van der Waals surface area contributed by atoms with Gasteiger partial charge in [-0.3, -0.25) is 14.4 Å².